The molecule has 0 amide bonds. The van der Waals surface area contributed by atoms with Gasteiger partial charge in [0.15, 0.2) is 0 Å². The van der Waals surface area contributed by atoms with E-state index in [-0.39, 0.29) is 5.84 Å². The fourth-order valence-electron chi connectivity index (χ4n) is 2.45. The molecule has 4 aromatic rings. The van der Waals surface area contributed by atoms with E-state index in [1.54, 1.807) is 11.3 Å². The molecule has 0 bridgehead atoms. The van der Waals surface area contributed by atoms with Crippen LogP contribution in [0.25, 0.3) is 30.6 Å². The van der Waals surface area contributed by atoms with Gasteiger partial charge in [0.1, 0.15) is 5.84 Å². The van der Waals surface area contributed by atoms with Crippen LogP contribution in [0.5, 0.6) is 0 Å². The van der Waals surface area contributed by atoms with Gasteiger partial charge in [-0.3, -0.25) is 5.41 Å². The molecule has 4 heteroatoms. The van der Waals surface area contributed by atoms with Crippen molar-refractivity contribution in [2.75, 3.05) is 0 Å². The van der Waals surface area contributed by atoms with E-state index in [0.29, 0.717) is 0 Å². The number of benzene rings is 2. The van der Waals surface area contributed by atoms with Crippen molar-refractivity contribution in [2.45, 2.75) is 0 Å². The maximum atomic E-state index is 7.55. The smallest absolute Gasteiger partial charge is 0.133 e. The van der Waals surface area contributed by atoms with Crippen LogP contribution in [0, 0.1) is 5.41 Å². The Hall–Kier alpha value is -2.17. The lowest BCUT2D eigenvalue weighted by Crippen LogP contribution is -2.08. The third kappa shape index (κ3) is 2.13. The Kier molecular flexibility index (Phi) is 2.80. The van der Waals surface area contributed by atoms with Crippen molar-refractivity contribution in [3.05, 3.63) is 59.5 Å². The molecule has 0 unspecified atom stereocenters. The van der Waals surface area contributed by atoms with E-state index in [9.17, 15) is 0 Å². The molecule has 0 radical (unpaired) electrons. The zero-order valence-electron chi connectivity index (χ0n) is 11.1. The van der Waals surface area contributed by atoms with E-state index in [1.165, 1.54) is 25.2 Å². The van der Waals surface area contributed by atoms with Crippen molar-refractivity contribution >= 4 is 48.7 Å². The van der Waals surface area contributed by atoms with Crippen molar-refractivity contribution in [3.63, 3.8) is 0 Å². The van der Waals surface area contributed by atoms with Gasteiger partial charge < -0.3 is 5.73 Å². The topological polar surface area (TPSA) is 49.9 Å². The number of rotatable bonds is 2. The third-order valence-corrected chi connectivity index (χ3v) is 5.81. The van der Waals surface area contributed by atoms with Gasteiger partial charge in [0.2, 0.25) is 0 Å². The second-order valence-corrected chi connectivity index (χ2v) is 7.09. The molecule has 102 valence electrons. The molecular formula is C17H12N2S2. The van der Waals surface area contributed by atoms with Crippen LogP contribution in [0.2, 0.25) is 0 Å². The van der Waals surface area contributed by atoms with Gasteiger partial charge in [-0.15, -0.1) is 22.7 Å². The lowest BCUT2D eigenvalue weighted by Gasteiger charge is -1.97. The average Bonchev–Trinajstić information content (AvgIpc) is 3.10. The molecule has 0 aliphatic rings. The Morgan fingerprint density at radius 1 is 0.857 bits per heavy atom. The fourth-order valence-corrected chi connectivity index (χ4v) is 4.42. The van der Waals surface area contributed by atoms with Crippen molar-refractivity contribution in [1.82, 2.24) is 0 Å². The van der Waals surface area contributed by atoms with Crippen LogP contribution >= 0.6 is 22.7 Å². The number of hydrogen-bond donors (Lipinski definition) is 2. The Morgan fingerprint density at radius 3 is 2.48 bits per heavy atom. The summed E-state index contributed by atoms with van der Waals surface area (Å²) in [6.07, 6.45) is 0. The maximum absolute atomic E-state index is 7.55. The highest BCUT2D eigenvalue weighted by molar-refractivity contribution is 7.22. The highest BCUT2D eigenvalue weighted by Gasteiger charge is 2.08. The van der Waals surface area contributed by atoms with E-state index in [4.69, 9.17) is 11.1 Å². The van der Waals surface area contributed by atoms with Crippen molar-refractivity contribution in [3.8, 4) is 10.4 Å². The molecule has 0 saturated heterocycles. The normalized spacial score (nSPS) is 11.2. The van der Waals surface area contributed by atoms with Gasteiger partial charge in [-0.2, -0.15) is 0 Å². The number of nitrogens with one attached hydrogen (secondary N) is 1. The van der Waals surface area contributed by atoms with Gasteiger partial charge in [-0.1, -0.05) is 24.3 Å². The molecule has 2 aromatic heterocycles. The van der Waals surface area contributed by atoms with E-state index in [0.717, 1.165) is 10.3 Å². The van der Waals surface area contributed by atoms with Gasteiger partial charge in [0, 0.05) is 14.3 Å². The summed E-state index contributed by atoms with van der Waals surface area (Å²) in [7, 11) is 0. The number of nitrogen functional groups attached to an aromatic ring is 1. The van der Waals surface area contributed by atoms with Crippen LogP contribution in [-0.2, 0) is 0 Å². The maximum Gasteiger partial charge on any atom is 0.133 e. The minimum atomic E-state index is 0.139. The Balaban J connectivity index is 1.87. The first kappa shape index (κ1) is 12.6. The summed E-state index contributed by atoms with van der Waals surface area (Å²) >= 11 is 3.38. The molecule has 2 heterocycles. The Morgan fingerprint density at radius 2 is 1.67 bits per heavy atom. The molecule has 0 fully saturated rings. The van der Waals surface area contributed by atoms with Crippen LogP contribution in [0.15, 0.2) is 54.6 Å². The van der Waals surface area contributed by atoms with Crippen molar-refractivity contribution in [2.24, 2.45) is 5.73 Å². The second kappa shape index (κ2) is 4.69. The van der Waals surface area contributed by atoms with Crippen molar-refractivity contribution < 1.29 is 0 Å². The number of amidine groups is 1. The molecule has 0 aliphatic carbocycles. The minimum Gasteiger partial charge on any atom is -0.383 e. The van der Waals surface area contributed by atoms with Crippen LogP contribution in [0.3, 0.4) is 0 Å². The van der Waals surface area contributed by atoms with E-state index in [1.807, 2.05) is 17.4 Å². The highest BCUT2D eigenvalue weighted by Crippen LogP contribution is 2.36. The van der Waals surface area contributed by atoms with Crippen LogP contribution < -0.4 is 5.73 Å². The third-order valence-electron chi connectivity index (χ3n) is 3.49. The van der Waals surface area contributed by atoms with Gasteiger partial charge >= 0.3 is 0 Å². The lowest BCUT2D eigenvalue weighted by atomic mass is 10.1. The van der Waals surface area contributed by atoms with Gasteiger partial charge in [0.25, 0.3) is 0 Å². The zero-order valence-corrected chi connectivity index (χ0v) is 12.7. The van der Waals surface area contributed by atoms with E-state index < -0.39 is 0 Å². The van der Waals surface area contributed by atoms with Gasteiger partial charge in [-0.05, 0) is 46.7 Å². The van der Waals surface area contributed by atoms with Crippen LogP contribution in [0.1, 0.15) is 4.88 Å². The van der Waals surface area contributed by atoms with Gasteiger partial charge in [0.05, 0.1) is 4.88 Å². The summed E-state index contributed by atoms with van der Waals surface area (Å²) in [4.78, 5) is 2.10. The predicted octanol–water partition coefficient (Wildman–Crippen LogP) is 5.07. The molecular weight excluding hydrogens is 296 g/mol. The first-order valence-corrected chi connectivity index (χ1v) is 8.21. The number of fused-ring (bicyclic) bond motifs is 2. The molecule has 2 nitrogen and oxygen atoms in total. The number of nitrogens with two attached hydrogens (primary N) is 1. The van der Waals surface area contributed by atoms with E-state index >= 15 is 0 Å². The van der Waals surface area contributed by atoms with Crippen LogP contribution in [-0.4, -0.2) is 5.84 Å². The molecule has 21 heavy (non-hydrogen) atoms. The zero-order chi connectivity index (χ0) is 14.4. The minimum absolute atomic E-state index is 0.139. The molecule has 0 atom stereocenters. The summed E-state index contributed by atoms with van der Waals surface area (Å²) in [5, 5.41) is 9.99. The second-order valence-electron chi connectivity index (χ2n) is 4.93. The summed E-state index contributed by atoms with van der Waals surface area (Å²) in [6.45, 7) is 0. The number of thiophene rings is 2. The molecule has 2 aromatic carbocycles. The first-order valence-electron chi connectivity index (χ1n) is 6.58. The van der Waals surface area contributed by atoms with Crippen LogP contribution in [0.4, 0.5) is 0 Å². The first-order chi connectivity index (χ1) is 10.2. The molecule has 0 saturated carbocycles. The lowest BCUT2D eigenvalue weighted by molar-refractivity contribution is 1.46. The molecule has 0 spiro atoms. The largest absolute Gasteiger partial charge is 0.383 e. The van der Waals surface area contributed by atoms with Crippen molar-refractivity contribution in [1.29, 1.82) is 5.41 Å². The monoisotopic (exact) mass is 308 g/mol. The summed E-state index contributed by atoms with van der Waals surface area (Å²) < 4.78 is 2.48. The summed E-state index contributed by atoms with van der Waals surface area (Å²) in [5.41, 5.74) is 6.79. The molecule has 3 N–H and O–H groups in total. The SMILES string of the molecule is N=C(N)c1cc2cc(-c3cc4ccccc4s3)ccc2s1. The quantitative estimate of drug-likeness (QED) is 0.394. The summed E-state index contributed by atoms with van der Waals surface area (Å²) in [6, 6.07) is 19.1. The average molecular weight is 308 g/mol. The summed E-state index contributed by atoms with van der Waals surface area (Å²) in [5.74, 6) is 0.139. The fraction of sp³-hybridized carbons (Fsp3) is 0. The number of hydrogen-bond acceptors (Lipinski definition) is 3. The highest BCUT2D eigenvalue weighted by atomic mass is 32.1. The van der Waals surface area contributed by atoms with Gasteiger partial charge in [-0.25, -0.2) is 0 Å². The van der Waals surface area contributed by atoms with E-state index in [2.05, 4.69) is 48.5 Å². The predicted molar refractivity (Wildman–Crippen MR) is 93.7 cm³/mol. The standard InChI is InChI=1S/C17H12N2S2/c18-17(19)16-9-12-7-11(5-6-14(12)21-16)15-8-10-3-1-2-4-13(10)20-15/h1-9H,(H3,18,19). The molecule has 4 rings (SSSR count). The Bertz CT molecular complexity index is 946. The molecule has 0 aliphatic heterocycles. The Labute approximate surface area is 130 Å².